The number of para-hydroxylation sites is 1. The Kier molecular flexibility index (Phi) is 2.63. The second kappa shape index (κ2) is 3.55. The smallest absolute Gasteiger partial charge is 0.518 e. The van der Waals surface area contributed by atoms with Crippen molar-refractivity contribution >= 4 is 15.6 Å². The molecule has 0 amide bonds. The van der Waals surface area contributed by atoms with Crippen LogP contribution in [0.25, 0.3) is 0 Å². The van der Waals surface area contributed by atoms with Gasteiger partial charge in [0, 0.05) is 0 Å². The summed E-state index contributed by atoms with van der Waals surface area (Å²) in [4.78, 5) is 0. The molecule has 0 aromatic heterocycles. The van der Waals surface area contributed by atoms with Crippen molar-refractivity contribution in [2.45, 2.75) is 5.79 Å². The van der Waals surface area contributed by atoms with Gasteiger partial charge in [0.2, 0.25) is 0 Å². The minimum Gasteiger partial charge on any atom is -0.645 e. The topological polar surface area (TPSA) is 9.23 Å². The van der Waals surface area contributed by atoms with E-state index in [1.807, 2.05) is 30.3 Å². The molecule has 0 saturated heterocycles. The van der Waals surface area contributed by atoms with Crippen molar-refractivity contribution < 1.29 is 3.79 Å². The average molecular weight is 136 g/mol. The highest BCUT2D eigenvalue weighted by Crippen LogP contribution is 2.06. The molecule has 46 valence electrons. The van der Waals surface area contributed by atoms with Crippen LogP contribution in [0.1, 0.15) is 0 Å². The van der Waals surface area contributed by atoms with E-state index in [1.165, 1.54) is 0 Å². The van der Waals surface area contributed by atoms with Crippen LogP contribution in [-0.2, 0) is 0 Å². The molecule has 2 heteroatoms. The highest BCUT2D eigenvalue weighted by atomic mass is 27.1. The predicted molar refractivity (Wildman–Crippen MR) is 40.1 cm³/mol. The molecular formula is C7H9AlO. The number of hydrogen-bond donors (Lipinski definition) is 0. The van der Waals surface area contributed by atoms with Gasteiger partial charge in [0.15, 0.2) is 0 Å². The molecule has 0 bridgehead atoms. The summed E-state index contributed by atoms with van der Waals surface area (Å²) in [6, 6.07) is 9.93. The maximum absolute atomic E-state index is 5.34. The molecule has 1 nitrogen and oxygen atoms in total. The van der Waals surface area contributed by atoms with E-state index in [-0.39, 0.29) is 15.6 Å². The van der Waals surface area contributed by atoms with E-state index < -0.39 is 0 Å². The summed E-state index contributed by atoms with van der Waals surface area (Å²) in [7, 11) is 0. The first-order chi connectivity index (χ1) is 4.43. The van der Waals surface area contributed by atoms with Gasteiger partial charge in [-0.3, -0.25) is 0 Å². The normalized spacial score (nSPS) is 8.56. The Bertz CT molecular complexity index is 162. The molecule has 0 saturated carbocycles. The van der Waals surface area contributed by atoms with Crippen LogP contribution in [0, 0.1) is 0 Å². The summed E-state index contributed by atoms with van der Waals surface area (Å²) in [6.45, 7) is 0. The van der Waals surface area contributed by atoms with Crippen LogP contribution in [0.15, 0.2) is 30.3 Å². The van der Waals surface area contributed by atoms with Gasteiger partial charge >= 0.3 is 15.6 Å². The largest absolute Gasteiger partial charge is 0.645 e. The molecule has 0 spiro atoms. The fraction of sp³-hybridized carbons (Fsp3) is 0.143. The Morgan fingerprint density at radius 1 is 1.22 bits per heavy atom. The summed E-state index contributed by atoms with van der Waals surface area (Å²) in [5.74, 6) is 3.12. The Morgan fingerprint density at radius 2 is 1.89 bits per heavy atom. The summed E-state index contributed by atoms with van der Waals surface area (Å²) >= 11 is -0.284. The van der Waals surface area contributed by atoms with Crippen molar-refractivity contribution in [1.82, 2.24) is 0 Å². The molecule has 0 aliphatic carbocycles. The molecule has 1 aromatic carbocycles. The third-order valence-corrected chi connectivity index (χ3v) is 1.68. The maximum atomic E-state index is 5.34. The lowest BCUT2D eigenvalue weighted by atomic mass is 10.3. The predicted octanol–water partition coefficient (Wildman–Crippen LogP) is 1.46. The molecule has 0 aliphatic heterocycles. The minimum atomic E-state index is -0.284. The van der Waals surface area contributed by atoms with Crippen molar-refractivity contribution in [2.24, 2.45) is 0 Å². The van der Waals surface area contributed by atoms with E-state index in [0.717, 1.165) is 5.75 Å². The second-order valence-electron chi connectivity index (χ2n) is 1.75. The Labute approximate surface area is 61.7 Å². The Hall–Kier alpha value is -0.448. The lowest BCUT2D eigenvalue weighted by Gasteiger charge is -2.00. The molecule has 1 aromatic rings. The van der Waals surface area contributed by atoms with Crippen molar-refractivity contribution in [3.8, 4) is 5.75 Å². The van der Waals surface area contributed by atoms with Gasteiger partial charge in [-0.05, 0) is 12.1 Å². The highest BCUT2D eigenvalue weighted by Gasteiger charge is 1.86. The zero-order valence-electron chi connectivity index (χ0n) is 5.50. The molecule has 9 heavy (non-hydrogen) atoms. The first kappa shape index (κ1) is 6.67. The number of rotatable bonds is 2. The van der Waals surface area contributed by atoms with E-state index in [4.69, 9.17) is 3.79 Å². The quantitative estimate of drug-likeness (QED) is 0.559. The third-order valence-electron chi connectivity index (χ3n) is 1.05. The van der Waals surface area contributed by atoms with Crippen molar-refractivity contribution in [3.63, 3.8) is 0 Å². The van der Waals surface area contributed by atoms with Gasteiger partial charge in [-0.2, -0.15) is 0 Å². The maximum Gasteiger partial charge on any atom is 0.518 e. The van der Waals surface area contributed by atoms with Gasteiger partial charge in [0.25, 0.3) is 0 Å². The lowest BCUT2D eigenvalue weighted by Crippen LogP contribution is -1.94. The molecule has 1 rings (SSSR count). The second-order valence-corrected chi connectivity index (χ2v) is 2.61. The molecule has 0 N–H and O–H groups in total. The molecule has 0 heterocycles. The third kappa shape index (κ3) is 2.09. The fourth-order valence-corrected chi connectivity index (χ4v) is 1.21. The highest BCUT2D eigenvalue weighted by molar-refractivity contribution is 6.26. The van der Waals surface area contributed by atoms with Gasteiger partial charge < -0.3 is 3.79 Å². The molecule has 0 aliphatic rings. The van der Waals surface area contributed by atoms with Crippen molar-refractivity contribution in [1.29, 1.82) is 0 Å². The van der Waals surface area contributed by atoms with Crippen LogP contribution < -0.4 is 3.79 Å². The van der Waals surface area contributed by atoms with Crippen molar-refractivity contribution in [2.75, 3.05) is 0 Å². The minimum absolute atomic E-state index is 0.284. The molecule has 0 unspecified atom stereocenters. The SMILES string of the molecule is [CH3][AlH][O]c1ccccc1. The summed E-state index contributed by atoms with van der Waals surface area (Å²) in [6.07, 6.45) is 0. The van der Waals surface area contributed by atoms with Gasteiger partial charge in [-0.15, -0.1) is 0 Å². The Morgan fingerprint density at radius 3 is 2.44 bits per heavy atom. The van der Waals surface area contributed by atoms with E-state index >= 15 is 0 Å². The number of benzene rings is 1. The lowest BCUT2D eigenvalue weighted by molar-refractivity contribution is 0.600. The van der Waals surface area contributed by atoms with Crippen LogP contribution in [0.2, 0.25) is 5.79 Å². The van der Waals surface area contributed by atoms with Crippen molar-refractivity contribution in [3.05, 3.63) is 30.3 Å². The summed E-state index contributed by atoms with van der Waals surface area (Å²) in [5.41, 5.74) is 0. The number of hydrogen-bond acceptors (Lipinski definition) is 1. The van der Waals surface area contributed by atoms with E-state index in [9.17, 15) is 0 Å². The van der Waals surface area contributed by atoms with E-state index in [1.54, 1.807) is 0 Å². The Balaban J connectivity index is 2.61. The van der Waals surface area contributed by atoms with Gasteiger partial charge in [-0.1, -0.05) is 24.0 Å². The zero-order valence-corrected chi connectivity index (χ0v) is 6.92. The average Bonchev–Trinajstić information content (AvgIpc) is 1.91. The molecular weight excluding hydrogens is 127 g/mol. The van der Waals surface area contributed by atoms with Gasteiger partial charge in [0.1, 0.15) is 0 Å². The fourth-order valence-electron chi connectivity index (χ4n) is 0.683. The van der Waals surface area contributed by atoms with Crippen LogP contribution in [0.5, 0.6) is 5.75 Å². The summed E-state index contributed by atoms with van der Waals surface area (Å²) < 4.78 is 5.34. The van der Waals surface area contributed by atoms with Crippen LogP contribution in [-0.4, -0.2) is 15.6 Å². The standard InChI is InChI=1S/C6H6O.CH3.Al.H/c7-6-4-2-1-3-5-6;;;/h1-5,7H;1H3;;/q;;+1;/p-1. The van der Waals surface area contributed by atoms with E-state index in [0.29, 0.717) is 0 Å². The zero-order chi connectivity index (χ0) is 6.53. The molecule has 0 radical (unpaired) electrons. The van der Waals surface area contributed by atoms with Gasteiger partial charge in [0.05, 0.1) is 5.75 Å². The first-order valence-corrected chi connectivity index (χ1v) is 5.10. The van der Waals surface area contributed by atoms with Crippen LogP contribution in [0.3, 0.4) is 0 Å². The first-order valence-electron chi connectivity index (χ1n) is 3.11. The molecule has 0 fully saturated rings. The van der Waals surface area contributed by atoms with E-state index in [2.05, 4.69) is 5.79 Å². The molecule has 0 atom stereocenters. The summed E-state index contributed by atoms with van der Waals surface area (Å²) in [5, 5.41) is 0. The monoisotopic (exact) mass is 136 g/mol. The van der Waals surface area contributed by atoms with Crippen LogP contribution in [0.4, 0.5) is 0 Å². The van der Waals surface area contributed by atoms with Crippen LogP contribution >= 0.6 is 0 Å². The van der Waals surface area contributed by atoms with Gasteiger partial charge in [-0.25, -0.2) is 0 Å².